The molecule has 0 unspecified atom stereocenters. The van der Waals surface area contributed by atoms with Gasteiger partial charge in [0.15, 0.2) is 12.4 Å². The quantitative estimate of drug-likeness (QED) is 0.858. The third kappa shape index (κ3) is 3.52. The number of halogens is 2. The summed E-state index contributed by atoms with van der Waals surface area (Å²) in [7, 11) is 0. The van der Waals surface area contributed by atoms with Crippen LogP contribution in [0.25, 0.3) is 0 Å². The standard InChI is InChI=1S/C16H17F2N3O3/c1-10-4-3-5-12(6-10)23-8-14(22)21-9-16(17,18)7-13(21)15-19-11(2)20-24-15/h3-6,13H,7-9H2,1-2H3/t13-/m0/s1. The van der Waals surface area contributed by atoms with E-state index in [0.29, 0.717) is 11.6 Å². The van der Waals surface area contributed by atoms with Gasteiger partial charge in [-0.05, 0) is 31.5 Å². The molecule has 6 nitrogen and oxygen atoms in total. The van der Waals surface area contributed by atoms with Gasteiger partial charge < -0.3 is 14.2 Å². The predicted molar refractivity (Wildman–Crippen MR) is 79.7 cm³/mol. The summed E-state index contributed by atoms with van der Waals surface area (Å²) in [6, 6.07) is 6.23. The van der Waals surface area contributed by atoms with Crippen LogP contribution in [0.4, 0.5) is 8.78 Å². The highest BCUT2D eigenvalue weighted by Gasteiger charge is 2.49. The van der Waals surface area contributed by atoms with E-state index in [1.54, 1.807) is 25.1 Å². The van der Waals surface area contributed by atoms with E-state index in [-0.39, 0.29) is 12.5 Å². The molecule has 1 aromatic heterocycles. The van der Waals surface area contributed by atoms with Crippen molar-refractivity contribution in [2.24, 2.45) is 0 Å². The van der Waals surface area contributed by atoms with Crippen molar-refractivity contribution in [1.29, 1.82) is 0 Å². The Morgan fingerprint density at radius 2 is 2.25 bits per heavy atom. The predicted octanol–water partition coefficient (Wildman–Crippen LogP) is 2.67. The maximum Gasteiger partial charge on any atom is 0.267 e. The van der Waals surface area contributed by atoms with Gasteiger partial charge in [-0.25, -0.2) is 8.78 Å². The summed E-state index contributed by atoms with van der Waals surface area (Å²) >= 11 is 0. The molecule has 1 saturated heterocycles. The van der Waals surface area contributed by atoms with Crippen molar-refractivity contribution in [2.75, 3.05) is 13.2 Å². The maximum absolute atomic E-state index is 13.8. The lowest BCUT2D eigenvalue weighted by molar-refractivity contribution is -0.135. The summed E-state index contributed by atoms with van der Waals surface area (Å²) in [5.74, 6) is -2.67. The van der Waals surface area contributed by atoms with Gasteiger partial charge in [0.1, 0.15) is 11.8 Å². The van der Waals surface area contributed by atoms with E-state index in [1.165, 1.54) is 0 Å². The number of likely N-dealkylation sites (tertiary alicyclic amines) is 1. The third-order valence-electron chi connectivity index (χ3n) is 3.77. The van der Waals surface area contributed by atoms with Crippen LogP contribution in [0, 0.1) is 13.8 Å². The molecule has 0 N–H and O–H groups in total. The Bertz CT molecular complexity index is 748. The molecule has 1 amide bonds. The Morgan fingerprint density at radius 1 is 1.46 bits per heavy atom. The zero-order valence-corrected chi connectivity index (χ0v) is 13.3. The second-order valence-corrected chi connectivity index (χ2v) is 5.88. The van der Waals surface area contributed by atoms with Crippen LogP contribution >= 0.6 is 0 Å². The number of aromatic nitrogens is 2. The van der Waals surface area contributed by atoms with Gasteiger partial charge in [0.2, 0.25) is 5.89 Å². The average Bonchev–Trinajstić information content (AvgIpc) is 3.08. The molecule has 128 valence electrons. The van der Waals surface area contributed by atoms with Gasteiger partial charge in [-0.1, -0.05) is 17.3 Å². The molecule has 0 saturated carbocycles. The number of ether oxygens (including phenoxy) is 1. The number of hydrogen-bond acceptors (Lipinski definition) is 5. The molecule has 0 bridgehead atoms. The van der Waals surface area contributed by atoms with Crippen molar-refractivity contribution in [3.05, 3.63) is 41.5 Å². The van der Waals surface area contributed by atoms with Gasteiger partial charge in [0.05, 0.1) is 6.54 Å². The van der Waals surface area contributed by atoms with Crippen LogP contribution in [0.1, 0.15) is 29.7 Å². The number of rotatable bonds is 4. The average molecular weight is 337 g/mol. The van der Waals surface area contributed by atoms with E-state index in [9.17, 15) is 13.6 Å². The smallest absolute Gasteiger partial charge is 0.267 e. The molecule has 2 heterocycles. The highest BCUT2D eigenvalue weighted by molar-refractivity contribution is 5.78. The van der Waals surface area contributed by atoms with Gasteiger partial charge in [0, 0.05) is 6.42 Å². The molecular formula is C16H17F2N3O3. The van der Waals surface area contributed by atoms with Crippen molar-refractivity contribution in [3.8, 4) is 5.75 Å². The molecule has 1 aliphatic rings. The molecule has 2 aromatic rings. The number of nitrogens with zero attached hydrogens (tertiary/aromatic N) is 3. The molecule has 0 spiro atoms. The monoisotopic (exact) mass is 337 g/mol. The van der Waals surface area contributed by atoms with Crippen LogP contribution < -0.4 is 4.74 Å². The van der Waals surface area contributed by atoms with Crippen LogP contribution in [-0.2, 0) is 4.79 Å². The highest BCUT2D eigenvalue weighted by atomic mass is 19.3. The molecule has 1 aromatic carbocycles. The van der Waals surface area contributed by atoms with Crippen molar-refractivity contribution < 1.29 is 22.8 Å². The van der Waals surface area contributed by atoms with E-state index in [0.717, 1.165) is 10.5 Å². The van der Waals surface area contributed by atoms with Crippen molar-refractivity contribution in [1.82, 2.24) is 15.0 Å². The summed E-state index contributed by atoms with van der Waals surface area (Å²) in [6.07, 6.45) is -0.537. The Morgan fingerprint density at radius 3 is 2.92 bits per heavy atom. The molecular weight excluding hydrogens is 320 g/mol. The zero-order valence-electron chi connectivity index (χ0n) is 13.3. The third-order valence-corrected chi connectivity index (χ3v) is 3.77. The van der Waals surface area contributed by atoms with E-state index >= 15 is 0 Å². The fourth-order valence-corrected chi connectivity index (χ4v) is 2.68. The van der Waals surface area contributed by atoms with Crippen LogP contribution in [-0.4, -0.2) is 40.0 Å². The summed E-state index contributed by atoms with van der Waals surface area (Å²) < 4.78 is 38.0. The minimum Gasteiger partial charge on any atom is -0.484 e. The van der Waals surface area contributed by atoms with Gasteiger partial charge in [0.25, 0.3) is 11.8 Å². The lowest BCUT2D eigenvalue weighted by atomic mass is 10.2. The lowest BCUT2D eigenvalue weighted by Crippen LogP contribution is -2.36. The summed E-state index contributed by atoms with van der Waals surface area (Å²) in [6.45, 7) is 2.47. The zero-order chi connectivity index (χ0) is 17.3. The van der Waals surface area contributed by atoms with Crippen LogP contribution in [0.2, 0.25) is 0 Å². The first-order valence-corrected chi connectivity index (χ1v) is 7.51. The summed E-state index contributed by atoms with van der Waals surface area (Å²) in [4.78, 5) is 17.4. The number of carbonyl (C=O) groups excluding carboxylic acids is 1. The molecule has 1 atom stereocenters. The number of benzene rings is 1. The van der Waals surface area contributed by atoms with E-state index in [4.69, 9.17) is 9.26 Å². The second-order valence-electron chi connectivity index (χ2n) is 5.88. The van der Waals surface area contributed by atoms with Crippen molar-refractivity contribution >= 4 is 5.91 Å². The number of carbonyl (C=O) groups is 1. The molecule has 24 heavy (non-hydrogen) atoms. The van der Waals surface area contributed by atoms with Crippen LogP contribution in [0.5, 0.6) is 5.75 Å². The largest absolute Gasteiger partial charge is 0.484 e. The molecule has 0 aliphatic carbocycles. The summed E-state index contributed by atoms with van der Waals surface area (Å²) in [5, 5.41) is 3.61. The second kappa shape index (κ2) is 6.18. The minimum absolute atomic E-state index is 0.0218. The fraction of sp³-hybridized carbons (Fsp3) is 0.438. The molecule has 3 rings (SSSR count). The molecule has 1 fully saturated rings. The number of amides is 1. The van der Waals surface area contributed by atoms with Gasteiger partial charge >= 0.3 is 0 Å². The Balaban J connectivity index is 1.71. The van der Waals surface area contributed by atoms with Gasteiger partial charge in [-0.3, -0.25) is 4.79 Å². The maximum atomic E-state index is 13.8. The Kier molecular flexibility index (Phi) is 4.21. The van der Waals surface area contributed by atoms with Gasteiger partial charge in [-0.15, -0.1) is 0 Å². The Labute approximate surface area is 137 Å². The Hall–Kier alpha value is -2.51. The molecule has 1 aliphatic heterocycles. The summed E-state index contributed by atoms with van der Waals surface area (Å²) in [5.41, 5.74) is 0.979. The van der Waals surface area contributed by atoms with E-state index in [2.05, 4.69) is 10.1 Å². The first-order chi connectivity index (χ1) is 11.3. The first kappa shape index (κ1) is 16.4. The van der Waals surface area contributed by atoms with Crippen molar-refractivity contribution in [3.63, 3.8) is 0 Å². The first-order valence-electron chi connectivity index (χ1n) is 7.51. The topological polar surface area (TPSA) is 68.5 Å². The number of hydrogen-bond donors (Lipinski definition) is 0. The molecule has 8 heteroatoms. The van der Waals surface area contributed by atoms with E-state index < -0.39 is 30.8 Å². The minimum atomic E-state index is -2.99. The fourth-order valence-electron chi connectivity index (χ4n) is 2.68. The SMILES string of the molecule is Cc1cccc(OCC(=O)N2CC(F)(F)C[C@H]2c2nc(C)no2)c1. The number of aryl methyl sites for hydroxylation is 2. The molecule has 0 radical (unpaired) electrons. The number of alkyl halides is 2. The van der Waals surface area contributed by atoms with Crippen LogP contribution in [0.3, 0.4) is 0 Å². The van der Waals surface area contributed by atoms with E-state index in [1.807, 2.05) is 13.0 Å². The van der Waals surface area contributed by atoms with Crippen LogP contribution in [0.15, 0.2) is 28.8 Å². The lowest BCUT2D eigenvalue weighted by Gasteiger charge is -2.21. The van der Waals surface area contributed by atoms with Gasteiger partial charge in [-0.2, -0.15) is 4.98 Å². The van der Waals surface area contributed by atoms with Crippen molar-refractivity contribution in [2.45, 2.75) is 32.2 Å². The highest BCUT2D eigenvalue weighted by Crippen LogP contribution is 2.40. The normalized spacial score (nSPS) is 19.5.